The third kappa shape index (κ3) is 6.80. The smallest absolute Gasteiger partial charge is 0.510 e. The fraction of sp³-hybridized carbons (Fsp3) is 0.250. The minimum Gasteiger partial charge on any atom is -0.510 e. The van der Waals surface area contributed by atoms with E-state index >= 15 is 0 Å². The molecular formula is C48H45N3O2Pt. The Hall–Kier alpha value is -4.99. The molecule has 0 aliphatic carbocycles. The maximum Gasteiger partial charge on any atom is 2.00 e. The van der Waals surface area contributed by atoms with Gasteiger partial charge in [0.25, 0.3) is 0 Å². The van der Waals surface area contributed by atoms with Crippen molar-refractivity contribution in [2.24, 2.45) is 4.99 Å². The van der Waals surface area contributed by atoms with Crippen molar-refractivity contribution in [2.75, 3.05) is 4.90 Å². The number of aromatic nitrogens is 1. The molecule has 5 nitrogen and oxygen atoms in total. The number of aliphatic imine (C=N–C) groups is 1. The largest absolute Gasteiger partial charge is 2.00 e. The van der Waals surface area contributed by atoms with E-state index < -0.39 is 0 Å². The molecule has 1 aromatic heterocycles. The number of hydrogen-bond acceptors (Lipinski definition) is 5. The van der Waals surface area contributed by atoms with E-state index in [0.717, 1.165) is 50.6 Å². The van der Waals surface area contributed by atoms with Crippen LogP contribution >= 0.6 is 0 Å². The van der Waals surface area contributed by atoms with Gasteiger partial charge in [-0.1, -0.05) is 157 Å². The third-order valence-corrected chi connectivity index (χ3v) is 10.6. The fourth-order valence-electron chi connectivity index (χ4n) is 7.64. The van der Waals surface area contributed by atoms with E-state index in [-0.39, 0.29) is 44.0 Å². The zero-order valence-electron chi connectivity index (χ0n) is 32.1. The molecule has 0 spiro atoms. The van der Waals surface area contributed by atoms with E-state index in [2.05, 4.69) is 126 Å². The van der Waals surface area contributed by atoms with Gasteiger partial charge < -0.3 is 14.4 Å². The van der Waals surface area contributed by atoms with Crippen molar-refractivity contribution < 1.29 is 30.5 Å². The molecule has 0 unspecified atom stereocenters. The first-order valence-corrected chi connectivity index (χ1v) is 18.4. The molecule has 0 fully saturated rings. The number of nitrogens with zero attached hydrogens (tertiary/aromatic N) is 3. The molecule has 3 heterocycles. The fourth-order valence-corrected chi connectivity index (χ4v) is 7.64. The van der Waals surface area contributed by atoms with E-state index in [4.69, 9.17) is 19.5 Å². The predicted molar refractivity (Wildman–Crippen MR) is 214 cm³/mol. The molecule has 0 saturated heterocycles. The molecule has 5 aromatic carbocycles. The van der Waals surface area contributed by atoms with E-state index in [1.165, 1.54) is 16.7 Å². The topological polar surface area (TPSA) is 47.0 Å². The minimum atomic E-state index is -0.256. The Morgan fingerprint density at radius 2 is 1.46 bits per heavy atom. The summed E-state index contributed by atoms with van der Waals surface area (Å²) in [5, 5.41) is 0. The Labute approximate surface area is 334 Å². The number of pyridine rings is 1. The normalized spacial score (nSPS) is 17.1. The van der Waals surface area contributed by atoms with Crippen molar-refractivity contribution in [3.05, 3.63) is 178 Å². The van der Waals surface area contributed by atoms with Crippen LogP contribution in [-0.4, -0.2) is 10.9 Å². The third-order valence-electron chi connectivity index (χ3n) is 10.6. The monoisotopic (exact) mass is 890 g/mol. The van der Waals surface area contributed by atoms with Crippen molar-refractivity contribution in [1.82, 2.24) is 4.98 Å². The van der Waals surface area contributed by atoms with E-state index in [9.17, 15) is 0 Å². The number of rotatable bonds is 6. The summed E-state index contributed by atoms with van der Waals surface area (Å²) in [6, 6.07) is 45.0. The van der Waals surface area contributed by atoms with Crippen LogP contribution in [0.1, 0.15) is 96.8 Å². The number of fused-ring (bicyclic) bond motifs is 2. The molecular weight excluding hydrogens is 846 g/mol. The van der Waals surface area contributed by atoms with Crippen molar-refractivity contribution >= 4 is 23.1 Å². The summed E-state index contributed by atoms with van der Waals surface area (Å²) in [6.07, 6.45) is 1.61. The van der Waals surface area contributed by atoms with Crippen LogP contribution < -0.4 is 9.64 Å². The standard InChI is InChI=1S/C48H45N3O2.Pt/c1-30-24-36(51-41-22-21-35(47(4,5)6)27-40(41)48(7,8)39-20-15-23-49-45(39)51)28-37(25-30)52-42-29-38(31(2)26-32(42)3)46-50-43(33-16-11-9-12-17-33)44(53-46)34-18-13-10-14-19-34;/h9-27,43-44H,1-8H3;/q-2;+2/t43-,44-;/m1./s1. The van der Waals surface area contributed by atoms with Crippen molar-refractivity contribution in [3.8, 4) is 11.5 Å². The summed E-state index contributed by atoms with van der Waals surface area (Å²) in [5.74, 6) is 2.67. The summed E-state index contributed by atoms with van der Waals surface area (Å²) < 4.78 is 13.4. The van der Waals surface area contributed by atoms with Gasteiger partial charge in [-0.15, -0.1) is 29.8 Å². The van der Waals surface area contributed by atoms with Gasteiger partial charge in [0, 0.05) is 34.4 Å². The molecule has 0 radical (unpaired) electrons. The quantitative estimate of drug-likeness (QED) is 0.156. The second-order valence-corrected chi connectivity index (χ2v) is 15.9. The Balaban J connectivity index is 0.00000450. The first kappa shape index (κ1) is 37.3. The van der Waals surface area contributed by atoms with Crippen LogP contribution in [-0.2, 0) is 36.6 Å². The average Bonchev–Trinajstić information content (AvgIpc) is 3.58. The molecule has 0 saturated carbocycles. The summed E-state index contributed by atoms with van der Waals surface area (Å²) in [7, 11) is 0. The van der Waals surface area contributed by atoms with Crippen LogP contribution in [0.15, 0.2) is 120 Å². The number of aryl methyl sites for hydroxylation is 3. The Morgan fingerprint density at radius 3 is 2.17 bits per heavy atom. The second-order valence-electron chi connectivity index (χ2n) is 15.9. The van der Waals surface area contributed by atoms with Crippen LogP contribution in [0.3, 0.4) is 0 Å². The molecule has 6 heteroatoms. The van der Waals surface area contributed by atoms with Gasteiger partial charge in [0.1, 0.15) is 23.9 Å². The summed E-state index contributed by atoms with van der Waals surface area (Å²) in [6.45, 7) is 17.6. The van der Waals surface area contributed by atoms with Gasteiger partial charge >= 0.3 is 21.1 Å². The maximum atomic E-state index is 6.71. The van der Waals surface area contributed by atoms with Gasteiger partial charge in [-0.2, -0.15) is 5.56 Å². The Kier molecular flexibility index (Phi) is 9.91. The van der Waals surface area contributed by atoms with Crippen LogP contribution in [0.4, 0.5) is 17.2 Å². The summed E-state index contributed by atoms with van der Waals surface area (Å²) in [4.78, 5) is 12.4. The van der Waals surface area contributed by atoms with Crippen molar-refractivity contribution in [1.29, 1.82) is 0 Å². The average molecular weight is 891 g/mol. The molecule has 2 aliphatic heterocycles. The van der Waals surface area contributed by atoms with Gasteiger partial charge in [-0.3, -0.25) is 4.99 Å². The van der Waals surface area contributed by atoms with Gasteiger partial charge in [0.05, 0.1) is 0 Å². The van der Waals surface area contributed by atoms with Crippen LogP contribution in [0.25, 0.3) is 0 Å². The molecule has 2 aliphatic rings. The zero-order chi connectivity index (χ0) is 37.1. The number of benzene rings is 5. The van der Waals surface area contributed by atoms with Gasteiger partial charge in [0.15, 0.2) is 0 Å². The van der Waals surface area contributed by atoms with Gasteiger partial charge in [0.2, 0.25) is 0 Å². The molecule has 274 valence electrons. The number of ether oxygens (including phenoxy) is 2. The summed E-state index contributed by atoms with van der Waals surface area (Å²) >= 11 is 0. The van der Waals surface area contributed by atoms with E-state index in [0.29, 0.717) is 17.4 Å². The molecule has 6 aromatic rings. The molecule has 54 heavy (non-hydrogen) atoms. The Bertz CT molecular complexity index is 2360. The number of hydrogen-bond donors (Lipinski definition) is 0. The molecule has 8 rings (SSSR count). The van der Waals surface area contributed by atoms with Crippen LogP contribution in [0, 0.1) is 32.9 Å². The van der Waals surface area contributed by atoms with Gasteiger partial charge in [-0.05, 0) is 39.8 Å². The van der Waals surface area contributed by atoms with Crippen molar-refractivity contribution in [2.45, 2.75) is 78.4 Å². The van der Waals surface area contributed by atoms with Crippen LogP contribution in [0.5, 0.6) is 11.5 Å². The summed E-state index contributed by atoms with van der Waals surface area (Å²) in [5.41, 5.74) is 11.5. The Morgan fingerprint density at radius 1 is 0.759 bits per heavy atom. The maximum absolute atomic E-state index is 6.71. The molecule has 0 N–H and O–H groups in total. The van der Waals surface area contributed by atoms with E-state index in [1.807, 2.05) is 61.7 Å². The van der Waals surface area contributed by atoms with E-state index in [1.54, 1.807) is 0 Å². The second kappa shape index (κ2) is 14.3. The molecule has 0 amide bonds. The predicted octanol–water partition coefficient (Wildman–Crippen LogP) is 12.1. The number of anilines is 3. The SMILES string of the molecule is Cc1cc(Oc2[c-]c(C3=N[C@H](c4ccccc4)[C@@H](c4ccccc4)O3)c(C)cc2C)[c-]c(N2c3ccc(C(C)(C)C)cc3C(C)(C)c3cccnc32)c1.[Pt+2]. The first-order chi connectivity index (χ1) is 25.4. The van der Waals surface area contributed by atoms with Crippen molar-refractivity contribution in [3.63, 3.8) is 0 Å². The van der Waals surface area contributed by atoms with Gasteiger partial charge in [-0.25, -0.2) is 4.98 Å². The molecule has 0 bridgehead atoms. The first-order valence-electron chi connectivity index (χ1n) is 18.4. The van der Waals surface area contributed by atoms with Crippen LogP contribution in [0.2, 0.25) is 0 Å². The molecule has 2 atom stereocenters. The zero-order valence-corrected chi connectivity index (χ0v) is 34.4. The minimum absolute atomic E-state index is 0.